The first kappa shape index (κ1) is 15.3. The van der Waals surface area contributed by atoms with Crippen molar-refractivity contribution in [3.63, 3.8) is 0 Å². The summed E-state index contributed by atoms with van der Waals surface area (Å²) in [5.41, 5.74) is 0. The van der Waals surface area contributed by atoms with Crippen molar-refractivity contribution in [2.75, 3.05) is 19.7 Å². The Balaban J connectivity index is 1.59. The summed E-state index contributed by atoms with van der Waals surface area (Å²) in [5.74, 6) is 0.851. The molecule has 0 radical (unpaired) electrons. The van der Waals surface area contributed by atoms with Gasteiger partial charge in [0.1, 0.15) is 18.5 Å². The number of aliphatic hydroxyl groups is 1. The minimum Gasteiger partial charge on any atom is -0.490 e. The highest BCUT2D eigenvalue weighted by molar-refractivity contribution is 5.88. The third-order valence-electron chi connectivity index (χ3n) is 4.57. The van der Waals surface area contributed by atoms with Gasteiger partial charge in [-0.25, -0.2) is 0 Å². The molecule has 1 aliphatic rings. The van der Waals surface area contributed by atoms with Crippen LogP contribution in [0.4, 0.5) is 0 Å². The minimum atomic E-state index is -0.445. The summed E-state index contributed by atoms with van der Waals surface area (Å²) in [6.07, 6.45) is 3.33. The average Bonchev–Trinajstić information content (AvgIpc) is 2.55. The Bertz CT molecular complexity index is 608. The van der Waals surface area contributed by atoms with E-state index >= 15 is 0 Å². The molecule has 0 spiro atoms. The maximum Gasteiger partial charge on any atom is 0.127 e. The summed E-state index contributed by atoms with van der Waals surface area (Å²) in [7, 11) is 0. The lowest BCUT2D eigenvalue weighted by Crippen LogP contribution is -2.43. The van der Waals surface area contributed by atoms with Crippen LogP contribution in [-0.2, 0) is 0 Å². The summed E-state index contributed by atoms with van der Waals surface area (Å²) < 4.78 is 5.88. The van der Waals surface area contributed by atoms with Crippen LogP contribution in [0, 0.1) is 0 Å². The first-order chi connectivity index (χ1) is 10.7. The van der Waals surface area contributed by atoms with Gasteiger partial charge in [0.2, 0.25) is 0 Å². The second-order valence-corrected chi connectivity index (χ2v) is 6.28. The van der Waals surface area contributed by atoms with Crippen molar-refractivity contribution < 1.29 is 9.84 Å². The van der Waals surface area contributed by atoms with Crippen molar-refractivity contribution in [2.24, 2.45) is 0 Å². The van der Waals surface area contributed by atoms with Gasteiger partial charge in [0.15, 0.2) is 0 Å². The first-order valence-electron chi connectivity index (χ1n) is 8.27. The Kier molecular flexibility index (Phi) is 4.96. The fourth-order valence-corrected chi connectivity index (χ4v) is 3.26. The summed E-state index contributed by atoms with van der Waals surface area (Å²) in [6, 6.07) is 14.8. The number of hydrogen-bond acceptors (Lipinski definition) is 3. The Morgan fingerprint density at radius 2 is 2.00 bits per heavy atom. The van der Waals surface area contributed by atoms with Gasteiger partial charge < -0.3 is 9.84 Å². The second kappa shape index (κ2) is 7.12. The number of likely N-dealkylation sites (tertiary alicyclic amines) is 1. The van der Waals surface area contributed by atoms with Crippen molar-refractivity contribution in [1.82, 2.24) is 4.90 Å². The van der Waals surface area contributed by atoms with E-state index in [1.807, 2.05) is 24.3 Å². The van der Waals surface area contributed by atoms with Crippen LogP contribution in [0.3, 0.4) is 0 Å². The average molecular weight is 299 g/mol. The summed E-state index contributed by atoms with van der Waals surface area (Å²) in [5, 5.41) is 12.6. The van der Waals surface area contributed by atoms with Crippen molar-refractivity contribution in [1.29, 1.82) is 0 Å². The number of ether oxygens (including phenoxy) is 1. The molecule has 3 rings (SSSR count). The molecule has 0 amide bonds. The standard InChI is InChI=1S/C19H25NO2/c1-15-7-4-5-12-20(15)13-17(21)14-22-19-11-6-9-16-8-2-3-10-18(16)19/h2-3,6,8-11,15,17,21H,4-5,7,12-14H2,1H3/t15-,17+/m1/s1. The number of piperidine rings is 1. The smallest absolute Gasteiger partial charge is 0.127 e. The van der Waals surface area contributed by atoms with Gasteiger partial charge in [-0.3, -0.25) is 4.90 Å². The highest BCUT2D eigenvalue weighted by Crippen LogP contribution is 2.25. The van der Waals surface area contributed by atoms with E-state index in [-0.39, 0.29) is 0 Å². The van der Waals surface area contributed by atoms with Crippen LogP contribution in [0.25, 0.3) is 10.8 Å². The van der Waals surface area contributed by atoms with Gasteiger partial charge in [-0.15, -0.1) is 0 Å². The van der Waals surface area contributed by atoms with Crippen LogP contribution in [0.1, 0.15) is 26.2 Å². The zero-order valence-corrected chi connectivity index (χ0v) is 13.2. The number of fused-ring (bicyclic) bond motifs is 1. The van der Waals surface area contributed by atoms with Crippen LogP contribution in [0.15, 0.2) is 42.5 Å². The molecule has 1 fully saturated rings. The Labute approximate surface area is 132 Å². The summed E-state index contributed by atoms with van der Waals surface area (Å²) in [6.45, 7) is 4.38. The SMILES string of the molecule is C[C@@H]1CCCCN1C[C@H](O)COc1cccc2ccccc12. The lowest BCUT2D eigenvalue weighted by Gasteiger charge is -2.34. The Hall–Kier alpha value is -1.58. The predicted molar refractivity (Wildman–Crippen MR) is 90.3 cm³/mol. The van der Waals surface area contributed by atoms with Gasteiger partial charge in [0.05, 0.1) is 0 Å². The number of nitrogens with zero attached hydrogens (tertiary/aromatic N) is 1. The van der Waals surface area contributed by atoms with E-state index < -0.39 is 6.10 Å². The van der Waals surface area contributed by atoms with Gasteiger partial charge in [-0.05, 0) is 37.8 Å². The molecule has 3 heteroatoms. The molecular formula is C19H25NO2. The number of β-amino-alcohol motifs (C(OH)–C–C–N with tert-alkyl or cyclic N) is 1. The molecule has 118 valence electrons. The van der Waals surface area contributed by atoms with E-state index in [0.717, 1.165) is 17.7 Å². The van der Waals surface area contributed by atoms with Crippen molar-refractivity contribution >= 4 is 10.8 Å². The van der Waals surface area contributed by atoms with E-state index in [9.17, 15) is 5.11 Å². The molecule has 0 aromatic heterocycles. The van der Waals surface area contributed by atoms with E-state index in [0.29, 0.717) is 19.2 Å². The third-order valence-corrected chi connectivity index (χ3v) is 4.57. The summed E-state index contributed by atoms with van der Waals surface area (Å²) >= 11 is 0. The summed E-state index contributed by atoms with van der Waals surface area (Å²) in [4.78, 5) is 2.38. The molecule has 0 unspecified atom stereocenters. The van der Waals surface area contributed by atoms with Crippen molar-refractivity contribution in [3.8, 4) is 5.75 Å². The zero-order chi connectivity index (χ0) is 15.4. The molecule has 1 aliphatic heterocycles. The lowest BCUT2D eigenvalue weighted by molar-refractivity contribution is 0.0441. The number of hydrogen-bond donors (Lipinski definition) is 1. The molecular weight excluding hydrogens is 274 g/mol. The normalized spacial score (nSPS) is 20.9. The zero-order valence-electron chi connectivity index (χ0n) is 13.2. The van der Waals surface area contributed by atoms with Crippen LogP contribution in [-0.4, -0.2) is 41.8 Å². The van der Waals surface area contributed by atoms with E-state index in [1.54, 1.807) is 0 Å². The Morgan fingerprint density at radius 3 is 2.86 bits per heavy atom. The van der Waals surface area contributed by atoms with Gasteiger partial charge in [-0.2, -0.15) is 0 Å². The molecule has 2 atom stereocenters. The first-order valence-corrected chi connectivity index (χ1v) is 8.27. The largest absolute Gasteiger partial charge is 0.490 e. The van der Waals surface area contributed by atoms with E-state index in [1.165, 1.54) is 24.6 Å². The van der Waals surface area contributed by atoms with Crippen LogP contribution in [0.5, 0.6) is 5.75 Å². The van der Waals surface area contributed by atoms with Crippen LogP contribution in [0.2, 0.25) is 0 Å². The fraction of sp³-hybridized carbons (Fsp3) is 0.474. The fourth-order valence-electron chi connectivity index (χ4n) is 3.26. The van der Waals surface area contributed by atoms with Crippen molar-refractivity contribution in [3.05, 3.63) is 42.5 Å². The molecule has 1 heterocycles. The maximum atomic E-state index is 10.3. The number of rotatable bonds is 5. The quantitative estimate of drug-likeness (QED) is 0.918. The van der Waals surface area contributed by atoms with Crippen molar-refractivity contribution in [2.45, 2.75) is 38.3 Å². The second-order valence-electron chi connectivity index (χ2n) is 6.28. The monoisotopic (exact) mass is 299 g/mol. The molecule has 22 heavy (non-hydrogen) atoms. The molecule has 2 aromatic rings. The van der Waals surface area contributed by atoms with Gasteiger partial charge >= 0.3 is 0 Å². The van der Waals surface area contributed by atoms with Gasteiger partial charge in [0.25, 0.3) is 0 Å². The Morgan fingerprint density at radius 1 is 1.18 bits per heavy atom. The minimum absolute atomic E-state index is 0.344. The van der Waals surface area contributed by atoms with Crippen LogP contribution >= 0.6 is 0 Å². The van der Waals surface area contributed by atoms with E-state index in [2.05, 4.69) is 30.0 Å². The highest BCUT2D eigenvalue weighted by atomic mass is 16.5. The van der Waals surface area contributed by atoms with E-state index in [4.69, 9.17) is 4.74 Å². The molecule has 0 aliphatic carbocycles. The molecule has 0 bridgehead atoms. The lowest BCUT2D eigenvalue weighted by atomic mass is 10.0. The van der Waals surface area contributed by atoms with Gasteiger partial charge in [0, 0.05) is 18.0 Å². The highest BCUT2D eigenvalue weighted by Gasteiger charge is 2.21. The molecule has 2 aromatic carbocycles. The molecule has 0 saturated carbocycles. The van der Waals surface area contributed by atoms with Crippen LogP contribution < -0.4 is 4.74 Å². The topological polar surface area (TPSA) is 32.7 Å². The molecule has 1 saturated heterocycles. The van der Waals surface area contributed by atoms with Gasteiger partial charge in [-0.1, -0.05) is 42.8 Å². The number of benzene rings is 2. The molecule has 1 N–H and O–H groups in total. The predicted octanol–water partition coefficient (Wildman–Crippen LogP) is 3.45. The maximum absolute atomic E-state index is 10.3. The number of aliphatic hydroxyl groups excluding tert-OH is 1. The molecule has 3 nitrogen and oxygen atoms in total. The third kappa shape index (κ3) is 3.60.